The second-order valence-electron chi connectivity index (χ2n) is 10.1. The molecule has 0 amide bonds. The van der Waals surface area contributed by atoms with Gasteiger partial charge in [0.15, 0.2) is 0 Å². The van der Waals surface area contributed by atoms with Crippen molar-refractivity contribution in [3.05, 3.63) is 84.3 Å². The molecule has 3 aliphatic rings. The molecule has 0 N–H and O–H groups in total. The number of fused-ring (bicyclic) bond motifs is 3. The Kier molecular flexibility index (Phi) is 6.42. The molecular weight excluding hydrogens is 452 g/mol. The van der Waals surface area contributed by atoms with Crippen molar-refractivity contribution in [3.63, 3.8) is 0 Å². The average molecular weight is 487 g/mol. The highest BCUT2D eigenvalue weighted by Gasteiger charge is 2.42. The van der Waals surface area contributed by atoms with Crippen LogP contribution in [-0.2, 0) is 20.1 Å². The van der Waals surface area contributed by atoms with Gasteiger partial charge in [-0.2, -0.15) is 5.10 Å². The van der Waals surface area contributed by atoms with E-state index < -0.39 is 0 Å². The van der Waals surface area contributed by atoms with E-state index in [0.717, 1.165) is 54.7 Å². The van der Waals surface area contributed by atoms with Gasteiger partial charge in [-0.3, -0.25) is 14.5 Å². The van der Waals surface area contributed by atoms with E-state index in [-0.39, 0.29) is 0 Å². The van der Waals surface area contributed by atoms with E-state index in [4.69, 9.17) is 18.7 Å². The van der Waals surface area contributed by atoms with Gasteiger partial charge in [-0.15, -0.1) is 0 Å². The minimum atomic E-state index is 0.500. The number of ether oxygens (including phenoxy) is 1. The summed E-state index contributed by atoms with van der Waals surface area (Å²) in [5.41, 5.74) is 3.36. The molecule has 7 rings (SSSR count). The monoisotopic (exact) mass is 486 g/mol. The highest BCUT2D eigenvalue weighted by Crippen LogP contribution is 2.43. The van der Waals surface area contributed by atoms with Gasteiger partial charge in [0.05, 0.1) is 38.4 Å². The first-order valence-corrected chi connectivity index (χ1v) is 12.9. The average Bonchev–Trinajstić information content (AvgIpc) is 3.68. The second kappa shape index (κ2) is 9.99. The Hall–Kier alpha value is -3.29. The maximum Gasteiger partial charge on any atom is 0.128 e. The maximum absolute atomic E-state index is 5.67. The van der Waals surface area contributed by atoms with Crippen LogP contribution in [0.4, 0.5) is 0 Å². The van der Waals surface area contributed by atoms with Gasteiger partial charge in [0.1, 0.15) is 17.3 Å². The maximum atomic E-state index is 5.67. The highest BCUT2D eigenvalue weighted by atomic mass is 16.5. The molecule has 4 aromatic rings. The minimum absolute atomic E-state index is 0.500. The molecule has 6 heterocycles. The Morgan fingerprint density at radius 2 is 1.78 bits per heavy atom. The summed E-state index contributed by atoms with van der Waals surface area (Å²) in [6.07, 6.45) is 5.95. The Morgan fingerprint density at radius 3 is 2.42 bits per heavy atom. The van der Waals surface area contributed by atoms with Crippen molar-refractivity contribution in [2.45, 2.75) is 37.9 Å². The molecule has 3 saturated heterocycles. The molecule has 0 radical (unpaired) electrons. The van der Waals surface area contributed by atoms with Crippen molar-refractivity contribution >= 4 is 0 Å². The SMILES string of the molecule is COc1ccccc1-c1cc([C@H]2CN3CC[C@H]2C[C@@H]3CN(Cc2ccco2)Cc2ccco2)n(C)n1. The first-order chi connectivity index (χ1) is 17.7. The highest BCUT2D eigenvalue weighted by molar-refractivity contribution is 5.67. The van der Waals surface area contributed by atoms with Gasteiger partial charge in [0, 0.05) is 43.4 Å². The largest absolute Gasteiger partial charge is 0.496 e. The topological polar surface area (TPSA) is 59.8 Å². The van der Waals surface area contributed by atoms with Crippen molar-refractivity contribution in [1.82, 2.24) is 19.6 Å². The van der Waals surface area contributed by atoms with Crippen molar-refractivity contribution in [1.29, 1.82) is 0 Å². The number of nitrogens with zero attached hydrogens (tertiary/aromatic N) is 4. The molecule has 2 bridgehead atoms. The van der Waals surface area contributed by atoms with Gasteiger partial charge in [-0.25, -0.2) is 0 Å². The summed E-state index contributed by atoms with van der Waals surface area (Å²) in [5.74, 6) is 4.02. The molecule has 4 atom stereocenters. The lowest BCUT2D eigenvalue weighted by Gasteiger charge is -2.50. The summed E-state index contributed by atoms with van der Waals surface area (Å²) < 4.78 is 19.0. The third-order valence-corrected chi connectivity index (χ3v) is 7.95. The van der Waals surface area contributed by atoms with Gasteiger partial charge in [-0.1, -0.05) is 12.1 Å². The Labute approximate surface area is 212 Å². The number of piperidine rings is 3. The molecule has 3 aliphatic heterocycles. The summed E-state index contributed by atoms with van der Waals surface area (Å²) in [6.45, 7) is 4.82. The number of benzene rings is 1. The van der Waals surface area contributed by atoms with Crippen LogP contribution in [0.5, 0.6) is 5.75 Å². The Balaban J connectivity index is 1.18. The molecule has 7 heteroatoms. The molecule has 1 unspecified atom stereocenters. The predicted octanol–water partition coefficient (Wildman–Crippen LogP) is 5.16. The number of rotatable bonds is 9. The van der Waals surface area contributed by atoms with Crippen LogP contribution in [-0.4, -0.2) is 52.4 Å². The van der Waals surface area contributed by atoms with Crippen molar-refractivity contribution in [2.75, 3.05) is 26.7 Å². The zero-order valence-electron chi connectivity index (χ0n) is 21.0. The van der Waals surface area contributed by atoms with Crippen LogP contribution in [0.25, 0.3) is 11.3 Å². The third kappa shape index (κ3) is 4.61. The molecule has 7 nitrogen and oxygen atoms in total. The van der Waals surface area contributed by atoms with E-state index in [9.17, 15) is 0 Å². The number of hydrogen-bond acceptors (Lipinski definition) is 6. The van der Waals surface area contributed by atoms with E-state index in [1.165, 1.54) is 25.1 Å². The fraction of sp³-hybridized carbons (Fsp3) is 0.414. The smallest absolute Gasteiger partial charge is 0.128 e. The first-order valence-electron chi connectivity index (χ1n) is 12.9. The summed E-state index contributed by atoms with van der Waals surface area (Å²) >= 11 is 0. The number of aromatic nitrogens is 2. The molecule has 1 aromatic carbocycles. The standard InChI is InChI=1S/C29H34N4O3/c1-31-28(16-27(30-31)25-9-3-4-10-29(25)34-2)26-20-33-12-11-21(26)15-22(33)17-32(18-23-7-5-13-35-23)19-24-8-6-14-36-24/h3-10,13-14,16,21-22,26H,11-12,15,17-20H2,1-2H3/t21-,22+,26-/m0/s1. The number of para-hydroxylation sites is 1. The predicted molar refractivity (Wildman–Crippen MR) is 138 cm³/mol. The van der Waals surface area contributed by atoms with E-state index in [1.807, 2.05) is 30.3 Å². The van der Waals surface area contributed by atoms with Gasteiger partial charge < -0.3 is 13.6 Å². The van der Waals surface area contributed by atoms with Crippen LogP contribution in [0.2, 0.25) is 0 Å². The minimum Gasteiger partial charge on any atom is -0.496 e. The lowest BCUT2D eigenvalue weighted by atomic mass is 9.74. The van der Waals surface area contributed by atoms with Crippen LogP contribution in [0.3, 0.4) is 0 Å². The van der Waals surface area contributed by atoms with Gasteiger partial charge in [0.2, 0.25) is 0 Å². The van der Waals surface area contributed by atoms with Gasteiger partial charge >= 0.3 is 0 Å². The molecule has 188 valence electrons. The zero-order chi connectivity index (χ0) is 24.5. The number of aryl methyl sites for hydroxylation is 1. The van der Waals surface area contributed by atoms with Crippen molar-refractivity contribution in [2.24, 2.45) is 13.0 Å². The van der Waals surface area contributed by atoms with Crippen molar-refractivity contribution in [3.8, 4) is 17.0 Å². The molecular formula is C29H34N4O3. The lowest BCUT2D eigenvalue weighted by Crippen LogP contribution is -2.56. The third-order valence-electron chi connectivity index (χ3n) is 7.95. The van der Waals surface area contributed by atoms with Crippen LogP contribution < -0.4 is 4.74 Å². The summed E-state index contributed by atoms with van der Waals surface area (Å²) in [7, 11) is 3.80. The fourth-order valence-corrected chi connectivity index (χ4v) is 6.21. The van der Waals surface area contributed by atoms with Gasteiger partial charge in [0.25, 0.3) is 0 Å². The first kappa shape index (κ1) is 23.1. The zero-order valence-corrected chi connectivity index (χ0v) is 21.0. The number of methoxy groups -OCH3 is 1. The molecule has 36 heavy (non-hydrogen) atoms. The number of hydrogen-bond donors (Lipinski definition) is 0. The van der Waals surface area contributed by atoms with Crippen LogP contribution in [0, 0.1) is 5.92 Å². The summed E-state index contributed by atoms with van der Waals surface area (Å²) in [4.78, 5) is 5.15. The summed E-state index contributed by atoms with van der Waals surface area (Å²) in [5, 5.41) is 4.89. The lowest BCUT2D eigenvalue weighted by molar-refractivity contribution is 0.00571. The van der Waals surface area contributed by atoms with Gasteiger partial charge in [-0.05, 0) is 67.8 Å². The Bertz CT molecular complexity index is 1230. The molecule has 0 aliphatic carbocycles. The quantitative estimate of drug-likeness (QED) is 0.326. The second-order valence-corrected chi connectivity index (χ2v) is 10.1. The normalized spacial score (nSPS) is 23.4. The molecule has 3 aromatic heterocycles. The van der Waals surface area contributed by atoms with E-state index in [1.54, 1.807) is 19.6 Å². The summed E-state index contributed by atoms with van der Waals surface area (Å²) in [6, 6.07) is 19.0. The van der Waals surface area contributed by atoms with E-state index in [0.29, 0.717) is 17.9 Å². The van der Waals surface area contributed by atoms with Crippen molar-refractivity contribution < 1.29 is 13.6 Å². The number of furan rings is 2. The fourth-order valence-electron chi connectivity index (χ4n) is 6.21. The van der Waals surface area contributed by atoms with E-state index >= 15 is 0 Å². The van der Waals surface area contributed by atoms with E-state index in [2.05, 4.69) is 45.8 Å². The molecule has 0 saturated carbocycles. The van der Waals surface area contributed by atoms with Crippen LogP contribution in [0.15, 0.2) is 76.0 Å². The Morgan fingerprint density at radius 1 is 1.03 bits per heavy atom. The molecule has 0 spiro atoms. The van der Waals surface area contributed by atoms with Crippen LogP contribution in [0.1, 0.15) is 36.0 Å². The molecule has 3 fully saturated rings. The van der Waals surface area contributed by atoms with Crippen LogP contribution >= 0.6 is 0 Å².